The molecule has 1 N–H and O–H groups in total. The highest BCUT2D eigenvalue weighted by atomic mass is 16.3. The topological polar surface area (TPSA) is 44.0 Å². The minimum Gasteiger partial charge on any atom is -0.383 e. The summed E-state index contributed by atoms with van der Waals surface area (Å²) in [5.74, 6) is 0. The van der Waals surface area contributed by atoms with Crippen molar-refractivity contribution in [3.05, 3.63) is 47.5 Å². The fourth-order valence-corrected chi connectivity index (χ4v) is 1.01. The summed E-state index contributed by atoms with van der Waals surface area (Å²) in [6.07, 6.45) is -0.870. The van der Waals surface area contributed by atoms with Crippen LogP contribution in [0.2, 0.25) is 0 Å². The summed E-state index contributed by atoms with van der Waals surface area (Å²) in [6, 6.07) is 9.21. The largest absolute Gasteiger partial charge is 0.383 e. The van der Waals surface area contributed by atoms with Crippen LogP contribution in [0.1, 0.15) is 17.2 Å². The summed E-state index contributed by atoms with van der Waals surface area (Å²) in [5.41, 5.74) is 2.00. The van der Waals surface area contributed by atoms with E-state index in [4.69, 9.17) is 5.26 Å². The Labute approximate surface area is 77.8 Å². The first kappa shape index (κ1) is 9.50. The second-order valence-electron chi connectivity index (χ2n) is 2.95. The molecule has 0 aliphatic carbocycles. The van der Waals surface area contributed by atoms with Crippen molar-refractivity contribution in [2.24, 2.45) is 0 Å². The van der Waals surface area contributed by atoms with Crippen molar-refractivity contribution in [2.75, 3.05) is 0 Å². The van der Waals surface area contributed by atoms with Crippen LogP contribution in [-0.2, 0) is 0 Å². The number of nitrogens with zero attached hydrogens (tertiary/aromatic N) is 1. The number of hydrogen-bond acceptors (Lipinski definition) is 2. The zero-order chi connectivity index (χ0) is 9.84. The van der Waals surface area contributed by atoms with Gasteiger partial charge in [-0.3, -0.25) is 0 Å². The molecule has 0 spiro atoms. The zero-order valence-corrected chi connectivity index (χ0v) is 7.49. The van der Waals surface area contributed by atoms with Crippen molar-refractivity contribution in [3.8, 4) is 6.07 Å². The van der Waals surface area contributed by atoms with Crippen molar-refractivity contribution >= 4 is 0 Å². The molecule has 0 aliphatic rings. The van der Waals surface area contributed by atoms with Gasteiger partial charge in [0.1, 0.15) is 6.10 Å². The molecule has 2 heteroatoms. The molecule has 2 nitrogen and oxygen atoms in total. The molecule has 1 aromatic carbocycles. The Bertz CT molecular complexity index is 345. The van der Waals surface area contributed by atoms with Crippen LogP contribution in [0.25, 0.3) is 0 Å². The number of aliphatic hydroxyl groups excluding tert-OH is 1. The number of rotatable bonds is 2. The molecule has 1 unspecified atom stereocenters. The lowest BCUT2D eigenvalue weighted by molar-refractivity contribution is 0.221. The first-order valence-corrected chi connectivity index (χ1v) is 3.98. The monoisotopic (exact) mass is 173 g/mol. The van der Waals surface area contributed by atoms with Gasteiger partial charge in [0.2, 0.25) is 0 Å². The Hall–Kier alpha value is -1.59. The van der Waals surface area contributed by atoms with Crippen LogP contribution < -0.4 is 0 Å². The number of aliphatic hydroxyl groups is 1. The summed E-state index contributed by atoms with van der Waals surface area (Å²) in [4.78, 5) is 0. The van der Waals surface area contributed by atoms with Gasteiger partial charge in [0, 0.05) is 0 Å². The lowest BCUT2D eigenvalue weighted by Crippen LogP contribution is -1.98. The van der Waals surface area contributed by atoms with Gasteiger partial charge in [-0.05, 0) is 12.5 Å². The van der Waals surface area contributed by atoms with Gasteiger partial charge in [0.15, 0.2) is 0 Å². The standard InChI is InChI=1S/C11H11NO/c1-8-3-5-10(6-4-8)11(13)9(2)7-12/h3-6,11,13H,2H2,1H3. The molecule has 0 bridgehead atoms. The summed E-state index contributed by atoms with van der Waals surface area (Å²) in [6.45, 7) is 5.43. The van der Waals surface area contributed by atoms with Crippen molar-refractivity contribution in [3.63, 3.8) is 0 Å². The summed E-state index contributed by atoms with van der Waals surface area (Å²) in [5, 5.41) is 18.1. The van der Waals surface area contributed by atoms with Gasteiger partial charge in [-0.2, -0.15) is 5.26 Å². The SMILES string of the molecule is C=C(C#N)C(O)c1ccc(C)cc1. The van der Waals surface area contributed by atoms with E-state index in [0.29, 0.717) is 5.56 Å². The maximum atomic E-state index is 9.56. The first-order valence-electron chi connectivity index (χ1n) is 3.98. The van der Waals surface area contributed by atoms with Gasteiger partial charge < -0.3 is 5.11 Å². The minimum atomic E-state index is -0.870. The van der Waals surface area contributed by atoms with Crippen molar-refractivity contribution in [1.82, 2.24) is 0 Å². The van der Waals surface area contributed by atoms with Crippen LogP contribution in [0.15, 0.2) is 36.4 Å². The van der Waals surface area contributed by atoms with Crippen molar-refractivity contribution in [1.29, 1.82) is 5.26 Å². The summed E-state index contributed by atoms with van der Waals surface area (Å²) in [7, 11) is 0. The summed E-state index contributed by atoms with van der Waals surface area (Å²) < 4.78 is 0. The van der Waals surface area contributed by atoms with E-state index in [0.717, 1.165) is 5.56 Å². The van der Waals surface area contributed by atoms with Gasteiger partial charge in [0.05, 0.1) is 11.6 Å². The molecule has 0 fully saturated rings. The average molecular weight is 173 g/mol. The molecule has 13 heavy (non-hydrogen) atoms. The van der Waals surface area contributed by atoms with Gasteiger partial charge >= 0.3 is 0 Å². The lowest BCUT2D eigenvalue weighted by Gasteiger charge is -2.08. The van der Waals surface area contributed by atoms with E-state index in [1.807, 2.05) is 25.1 Å². The predicted molar refractivity (Wildman–Crippen MR) is 50.9 cm³/mol. The molecule has 0 saturated carbocycles. The number of aryl methyl sites for hydroxylation is 1. The predicted octanol–water partition coefficient (Wildman–Crippen LogP) is 2.11. The highest BCUT2D eigenvalue weighted by Crippen LogP contribution is 2.19. The van der Waals surface area contributed by atoms with E-state index in [-0.39, 0.29) is 5.57 Å². The van der Waals surface area contributed by atoms with Crippen molar-refractivity contribution < 1.29 is 5.11 Å². The molecule has 0 aromatic heterocycles. The van der Waals surface area contributed by atoms with E-state index in [2.05, 4.69) is 6.58 Å². The third kappa shape index (κ3) is 2.17. The number of benzene rings is 1. The van der Waals surface area contributed by atoms with Crippen LogP contribution in [0.5, 0.6) is 0 Å². The molecular formula is C11H11NO. The van der Waals surface area contributed by atoms with Crippen LogP contribution >= 0.6 is 0 Å². The lowest BCUT2D eigenvalue weighted by atomic mass is 10.0. The van der Waals surface area contributed by atoms with Crippen LogP contribution in [0.3, 0.4) is 0 Å². The fraction of sp³-hybridized carbons (Fsp3) is 0.182. The van der Waals surface area contributed by atoms with E-state index in [1.165, 1.54) is 0 Å². The summed E-state index contributed by atoms with van der Waals surface area (Å²) >= 11 is 0. The average Bonchev–Trinajstić information content (AvgIpc) is 2.17. The molecule has 1 atom stereocenters. The molecule has 1 aromatic rings. The normalized spacial score (nSPS) is 11.8. The smallest absolute Gasteiger partial charge is 0.113 e. The molecular weight excluding hydrogens is 162 g/mol. The van der Waals surface area contributed by atoms with Gasteiger partial charge in [-0.25, -0.2) is 0 Å². The Morgan fingerprint density at radius 1 is 1.46 bits per heavy atom. The van der Waals surface area contributed by atoms with Crippen LogP contribution in [0.4, 0.5) is 0 Å². The van der Waals surface area contributed by atoms with Gasteiger partial charge in [-0.15, -0.1) is 0 Å². The van der Waals surface area contributed by atoms with E-state index >= 15 is 0 Å². The second kappa shape index (κ2) is 3.88. The fourth-order valence-electron chi connectivity index (χ4n) is 1.01. The molecule has 66 valence electrons. The molecule has 1 rings (SSSR count). The Kier molecular flexibility index (Phi) is 2.84. The van der Waals surface area contributed by atoms with Crippen LogP contribution in [-0.4, -0.2) is 5.11 Å². The second-order valence-corrected chi connectivity index (χ2v) is 2.95. The molecule has 0 saturated heterocycles. The van der Waals surface area contributed by atoms with Crippen molar-refractivity contribution in [2.45, 2.75) is 13.0 Å². The van der Waals surface area contributed by atoms with Gasteiger partial charge in [-0.1, -0.05) is 36.4 Å². The van der Waals surface area contributed by atoms with E-state index in [1.54, 1.807) is 12.1 Å². The number of hydrogen-bond donors (Lipinski definition) is 1. The van der Waals surface area contributed by atoms with Crippen LogP contribution in [0, 0.1) is 18.3 Å². The Morgan fingerprint density at radius 2 is 2.00 bits per heavy atom. The Morgan fingerprint density at radius 3 is 2.46 bits per heavy atom. The van der Waals surface area contributed by atoms with E-state index < -0.39 is 6.10 Å². The molecule has 0 heterocycles. The Balaban J connectivity index is 2.91. The van der Waals surface area contributed by atoms with E-state index in [9.17, 15) is 5.11 Å². The first-order chi connectivity index (χ1) is 6.15. The quantitative estimate of drug-likeness (QED) is 0.696. The highest BCUT2D eigenvalue weighted by molar-refractivity contribution is 5.33. The maximum absolute atomic E-state index is 9.56. The van der Waals surface area contributed by atoms with Gasteiger partial charge in [0.25, 0.3) is 0 Å². The third-order valence-corrected chi connectivity index (χ3v) is 1.87. The number of nitriles is 1. The third-order valence-electron chi connectivity index (χ3n) is 1.87. The zero-order valence-electron chi connectivity index (χ0n) is 7.49. The maximum Gasteiger partial charge on any atom is 0.113 e. The minimum absolute atomic E-state index is 0.170. The molecule has 0 aliphatic heterocycles. The molecule has 0 radical (unpaired) electrons. The molecule has 0 amide bonds. The highest BCUT2D eigenvalue weighted by Gasteiger charge is 2.09.